The number of ether oxygens (including phenoxy) is 7. The molecule has 2 fully saturated rings. The fourth-order valence-corrected chi connectivity index (χ4v) is 4.27. The average molecular weight is 507 g/mol. The molecule has 208 valence electrons. The van der Waals surface area contributed by atoms with Crippen LogP contribution in [0.4, 0.5) is 0 Å². The molecule has 0 radical (unpaired) electrons. The molecule has 0 spiro atoms. The first-order valence-corrected chi connectivity index (χ1v) is 13.8. The maximum atomic E-state index is 10.7. The van der Waals surface area contributed by atoms with E-state index in [0.717, 1.165) is 12.8 Å². The zero-order valence-corrected chi connectivity index (χ0v) is 21.8. The molecule has 0 aromatic carbocycles. The second kappa shape index (κ2) is 20.7. The topological polar surface area (TPSA) is 105 Å². The van der Waals surface area contributed by atoms with Gasteiger partial charge in [0.2, 0.25) is 0 Å². The Morgan fingerprint density at radius 3 is 1.74 bits per heavy atom. The first kappa shape index (κ1) is 30.9. The number of aliphatic hydroxyl groups excluding tert-OH is 2. The van der Waals surface area contributed by atoms with Crippen molar-refractivity contribution in [1.29, 1.82) is 0 Å². The molecular weight excluding hydrogens is 456 g/mol. The van der Waals surface area contributed by atoms with Crippen LogP contribution in [0.3, 0.4) is 0 Å². The van der Waals surface area contributed by atoms with E-state index < -0.39 is 30.7 Å². The molecule has 0 unspecified atom stereocenters. The summed E-state index contributed by atoms with van der Waals surface area (Å²) in [5, 5.41) is 21.3. The summed E-state index contributed by atoms with van der Waals surface area (Å²) in [4.78, 5) is 0. The first-order chi connectivity index (χ1) is 17.2. The number of rotatable bonds is 12. The Labute approximate surface area is 211 Å². The van der Waals surface area contributed by atoms with E-state index in [9.17, 15) is 10.2 Å². The van der Waals surface area contributed by atoms with Gasteiger partial charge in [-0.2, -0.15) is 0 Å². The van der Waals surface area contributed by atoms with E-state index in [2.05, 4.69) is 6.92 Å². The number of aliphatic hydroxyl groups is 2. The van der Waals surface area contributed by atoms with Crippen molar-refractivity contribution in [1.82, 2.24) is 0 Å². The summed E-state index contributed by atoms with van der Waals surface area (Å²) in [6.07, 6.45) is 7.85. The molecule has 0 saturated carbocycles. The summed E-state index contributed by atoms with van der Waals surface area (Å²) in [5.41, 5.74) is 0. The minimum Gasteiger partial charge on any atom is -0.387 e. The molecule has 0 aromatic heterocycles. The molecule has 9 nitrogen and oxygen atoms in total. The van der Waals surface area contributed by atoms with Crippen molar-refractivity contribution < 1.29 is 43.4 Å². The summed E-state index contributed by atoms with van der Waals surface area (Å²) < 4.78 is 39.7. The van der Waals surface area contributed by atoms with Gasteiger partial charge in [-0.25, -0.2) is 0 Å². The lowest BCUT2D eigenvalue weighted by Gasteiger charge is -2.42. The molecule has 0 aromatic rings. The van der Waals surface area contributed by atoms with E-state index in [-0.39, 0.29) is 13.2 Å². The van der Waals surface area contributed by atoms with E-state index >= 15 is 0 Å². The van der Waals surface area contributed by atoms with E-state index in [4.69, 9.17) is 33.2 Å². The molecule has 2 rings (SSSR count). The monoisotopic (exact) mass is 506 g/mol. The number of unbranched alkanes of at least 4 members (excludes halogenated alkanes) is 9. The molecule has 2 N–H and O–H groups in total. The highest BCUT2D eigenvalue weighted by molar-refractivity contribution is 4.90. The molecule has 2 saturated heterocycles. The van der Waals surface area contributed by atoms with Gasteiger partial charge in [-0.1, -0.05) is 64.7 Å². The molecule has 2 aliphatic heterocycles. The fraction of sp³-hybridized carbons (Fsp3) is 1.00. The van der Waals surface area contributed by atoms with Crippen molar-refractivity contribution in [3.05, 3.63) is 0 Å². The van der Waals surface area contributed by atoms with Gasteiger partial charge in [0, 0.05) is 6.61 Å². The largest absolute Gasteiger partial charge is 0.387 e. The summed E-state index contributed by atoms with van der Waals surface area (Å²) in [5.74, 6) is 0. The van der Waals surface area contributed by atoms with Gasteiger partial charge in [-0.3, -0.25) is 0 Å². The number of hydrogen-bond acceptors (Lipinski definition) is 9. The fourth-order valence-electron chi connectivity index (χ4n) is 4.27. The quantitative estimate of drug-likeness (QED) is 0.387. The Balaban J connectivity index is 1.69. The van der Waals surface area contributed by atoms with E-state index in [1.807, 2.05) is 0 Å². The van der Waals surface area contributed by atoms with Gasteiger partial charge in [-0.15, -0.1) is 0 Å². The van der Waals surface area contributed by atoms with Crippen molar-refractivity contribution in [2.24, 2.45) is 0 Å². The maximum absolute atomic E-state index is 10.7. The molecule has 5 atom stereocenters. The molecule has 0 amide bonds. The highest BCUT2D eigenvalue weighted by atomic mass is 16.7. The second-order valence-corrected chi connectivity index (χ2v) is 9.32. The Bertz CT molecular complexity index is 482. The van der Waals surface area contributed by atoms with Crippen LogP contribution in [0.1, 0.15) is 71.1 Å². The smallest absolute Gasteiger partial charge is 0.186 e. The van der Waals surface area contributed by atoms with E-state index in [1.54, 1.807) is 0 Å². The predicted molar refractivity (Wildman–Crippen MR) is 131 cm³/mol. The lowest BCUT2D eigenvalue weighted by atomic mass is 9.99. The Kier molecular flexibility index (Phi) is 18.2. The second-order valence-electron chi connectivity index (χ2n) is 9.32. The Hall–Kier alpha value is -0.360. The maximum Gasteiger partial charge on any atom is 0.186 e. The molecule has 0 bridgehead atoms. The molecule has 2 heterocycles. The van der Waals surface area contributed by atoms with Gasteiger partial charge in [0.25, 0.3) is 0 Å². The molecule has 35 heavy (non-hydrogen) atoms. The lowest BCUT2D eigenvalue weighted by Crippen LogP contribution is -2.60. The van der Waals surface area contributed by atoms with Crippen LogP contribution < -0.4 is 0 Å². The van der Waals surface area contributed by atoms with Gasteiger partial charge in [0.15, 0.2) is 6.29 Å². The third-order valence-corrected chi connectivity index (χ3v) is 6.36. The van der Waals surface area contributed by atoms with Crippen molar-refractivity contribution in [2.45, 2.75) is 102 Å². The summed E-state index contributed by atoms with van der Waals surface area (Å²) in [6.45, 7) is 6.30. The van der Waals surface area contributed by atoms with Gasteiger partial charge >= 0.3 is 0 Å². The van der Waals surface area contributed by atoms with Gasteiger partial charge in [0.05, 0.1) is 59.5 Å². The van der Waals surface area contributed by atoms with E-state index in [1.165, 1.54) is 51.4 Å². The third kappa shape index (κ3) is 13.7. The van der Waals surface area contributed by atoms with Crippen LogP contribution >= 0.6 is 0 Å². The Morgan fingerprint density at radius 1 is 0.629 bits per heavy atom. The Morgan fingerprint density at radius 2 is 1.14 bits per heavy atom. The zero-order chi connectivity index (χ0) is 25.0. The van der Waals surface area contributed by atoms with Crippen molar-refractivity contribution in [2.75, 3.05) is 66.1 Å². The van der Waals surface area contributed by atoms with Crippen LogP contribution in [-0.2, 0) is 33.2 Å². The molecule has 0 aliphatic carbocycles. The minimum atomic E-state index is -1.19. The van der Waals surface area contributed by atoms with Crippen LogP contribution in [-0.4, -0.2) is 107 Å². The minimum absolute atomic E-state index is 0.202. The highest BCUT2D eigenvalue weighted by Crippen LogP contribution is 2.25. The van der Waals surface area contributed by atoms with Crippen LogP contribution in [0.5, 0.6) is 0 Å². The van der Waals surface area contributed by atoms with Crippen LogP contribution in [0.25, 0.3) is 0 Å². The van der Waals surface area contributed by atoms with Gasteiger partial charge in [-0.05, 0) is 6.42 Å². The molecular formula is C26H50O9. The molecule has 2 aliphatic rings. The predicted octanol–water partition coefficient (Wildman–Crippen LogP) is 2.84. The van der Waals surface area contributed by atoms with Crippen LogP contribution in [0.2, 0.25) is 0 Å². The zero-order valence-electron chi connectivity index (χ0n) is 21.8. The van der Waals surface area contributed by atoms with Gasteiger partial charge in [0.1, 0.15) is 24.4 Å². The third-order valence-electron chi connectivity index (χ3n) is 6.36. The van der Waals surface area contributed by atoms with Crippen molar-refractivity contribution in [3.63, 3.8) is 0 Å². The summed E-state index contributed by atoms with van der Waals surface area (Å²) in [7, 11) is 0. The van der Waals surface area contributed by atoms with Crippen molar-refractivity contribution in [3.8, 4) is 0 Å². The standard InChI is InChI=1S/C26H50O9/c1-2-3-4-5-6-7-8-9-10-11-12-34-26-24(28)23(27)25-22(35-26)21-32-18-17-30-14-13-29-15-16-31-19-20-33-25/h22-28H,2-21H2,1H3/t22-,23-,24-,25-,26-/m1/s1. The van der Waals surface area contributed by atoms with Gasteiger partial charge < -0.3 is 43.4 Å². The SMILES string of the molecule is CCCCCCCCCCCCO[C@@H]1O[C@@H]2COCCOCCOCCOCCO[C@H]2[C@H](O)[C@H]1O. The molecule has 9 heteroatoms. The number of fused-ring (bicyclic) bond motifs is 1. The van der Waals surface area contributed by atoms with Crippen LogP contribution in [0, 0.1) is 0 Å². The highest BCUT2D eigenvalue weighted by Gasteiger charge is 2.45. The average Bonchev–Trinajstić information content (AvgIpc) is 2.86. The lowest BCUT2D eigenvalue weighted by molar-refractivity contribution is -0.310. The van der Waals surface area contributed by atoms with Crippen LogP contribution in [0.15, 0.2) is 0 Å². The first-order valence-electron chi connectivity index (χ1n) is 13.8. The normalized spacial score (nSPS) is 30.1. The van der Waals surface area contributed by atoms with Crippen molar-refractivity contribution >= 4 is 0 Å². The van der Waals surface area contributed by atoms with E-state index in [0.29, 0.717) is 52.9 Å². The summed E-state index contributed by atoms with van der Waals surface area (Å²) in [6, 6.07) is 0. The summed E-state index contributed by atoms with van der Waals surface area (Å²) >= 11 is 0. The number of hydrogen-bond donors (Lipinski definition) is 2.